The number of hydrogen-bond acceptors (Lipinski definition) is 4. The van der Waals surface area contributed by atoms with Gasteiger partial charge in [-0.05, 0) is 34.9 Å². The van der Waals surface area contributed by atoms with Crippen molar-refractivity contribution in [3.8, 4) is 0 Å². The Morgan fingerprint density at radius 3 is 2.34 bits per heavy atom. The Labute approximate surface area is 192 Å². The maximum absolute atomic E-state index is 14.0. The second-order valence-corrected chi connectivity index (χ2v) is 8.73. The van der Waals surface area contributed by atoms with Crippen LogP contribution in [0.2, 0.25) is 0 Å². The summed E-state index contributed by atoms with van der Waals surface area (Å²) in [6, 6.07) is 22.5. The molecule has 1 amide bonds. The van der Waals surface area contributed by atoms with Crippen molar-refractivity contribution >= 4 is 17.7 Å². The summed E-state index contributed by atoms with van der Waals surface area (Å²) >= 11 is 1.47. The first-order valence-corrected chi connectivity index (χ1v) is 11.8. The van der Waals surface area contributed by atoms with E-state index < -0.39 is 0 Å². The Bertz CT molecular complexity index is 1050. The van der Waals surface area contributed by atoms with Crippen molar-refractivity contribution in [1.82, 2.24) is 10.2 Å². The Balaban J connectivity index is 1.40. The maximum Gasteiger partial charge on any atom is 0.252 e. The Hall–Kier alpha value is -2.67. The fraction of sp³-hybridized carbons (Fsp3) is 0.269. The van der Waals surface area contributed by atoms with Crippen LogP contribution in [-0.2, 0) is 23.6 Å². The number of ether oxygens (including phenoxy) is 1. The third-order valence-electron chi connectivity index (χ3n) is 5.53. The molecule has 4 rings (SSSR count). The Kier molecular flexibility index (Phi) is 7.93. The average molecular weight is 451 g/mol. The summed E-state index contributed by atoms with van der Waals surface area (Å²) in [7, 11) is 0. The van der Waals surface area contributed by atoms with Gasteiger partial charge >= 0.3 is 0 Å². The van der Waals surface area contributed by atoms with Crippen molar-refractivity contribution in [2.45, 2.75) is 23.7 Å². The lowest BCUT2D eigenvalue weighted by Crippen LogP contribution is -2.36. The average Bonchev–Trinajstić information content (AvgIpc) is 2.84. The number of halogens is 1. The lowest BCUT2D eigenvalue weighted by molar-refractivity contribution is 0.0340. The molecule has 0 bridgehead atoms. The highest BCUT2D eigenvalue weighted by atomic mass is 32.2. The fourth-order valence-corrected chi connectivity index (χ4v) is 4.74. The molecule has 1 saturated heterocycles. The van der Waals surface area contributed by atoms with Crippen molar-refractivity contribution in [1.29, 1.82) is 0 Å². The number of rotatable bonds is 8. The van der Waals surface area contributed by atoms with Crippen LogP contribution in [0, 0.1) is 5.82 Å². The molecule has 1 aliphatic rings. The monoisotopic (exact) mass is 450 g/mol. The van der Waals surface area contributed by atoms with E-state index in [1.807, 2.05) is 42.5 Å². The summed E-state index contributed by atoms with van der Waals surface area (Å²) in [6.45, 7) is 4.69. The zero-order valence-electron chi connectivity index (χ0n) is 17.9. The van der Waals surface area contributed by atoms with E-state index in [-0.39, 0.29) is 11.7 Å². The molecule has 3 aromatic rings. The molecule has 1 N–H and O–H groups in total. The van der Waals surface area contributed by atoms with Gasteiger partial charge in [0.25, 0.3) is 5.91 Å². The molecule has 1 heterocycles. The number of nitrogens with zero attached hydrogens (tertiary/aromatic N) is 1. The van der Waals surface area contributed by atoms with Gasteiger partial charge in [0.05, 0.1) is 18.8 Å². The molecule has 166 valence electrons. The largest absolute Gasteiger partial charge is 0.379 e. The number of thioether (sulfide) groups is 1. The van der Waals surface area contributed by atoms with Crippen molar-refractivity contribution in [3.05, 3.63) is 101 Å². The standard InChI is InChI=1S/C26H27FN2O2S/c27-24-11-5-3-9-22(24)19-32-25-12-6-4-10-23(25)26(30)28-17-20-7-1-2-8-21(20)18-29-13-15-31-16-14-29/h1-12H,13-19H2,(H,28,30). The van der Waals surface area contributed by atoms with E-state index in [2.05, 4.69) is 22.3 Å². The summed E-state index contributed by atoms with van der Waals surface area (Å²) in [5.74, 6) is 0.126. The van der Waals surface area contributed by atoms with Crippen LogP contribution in [0.5, 0.6) is 0 Å². The molecule has 6 heteroatoms. The number of nitrogens with one attached hydrogen (secondary N) is 1. The minimum atomic E-state index is -0.223. The maximum atomic E-state index is 14.0. The van der Waals surface area contributed by atoms with Gasteiger partial charge in [-0.25, -0.2) is 4.39 Å². The third kappa shape index (κ3) is 5.97. The van der Waals surface area contributed by atoms with E-state index in [0.717, 1.165) is 43.3 Å². The minimum absolute atomic E-state index is 0.122. The van der Waals surface area contributed by atoms with Crippen LogP contribution < -0.4 is 5.32 Å². The molecule has 1 aliphatic heterocycles. The molecule has 0 radical (unpaired) electrons. The van der Waals surface area contributed by atoms with Gasteiger partial charge in [-0.3, -0.25) is 9.69 Å². The number of amides is 1. The van der Waals surface area contributed by atoms with Gasteiger partial charge in [0.15, 0.2) is 0 Å². The van der Waals surface area contributed by atoms with E-state index in [4.69, 9.17) is 4.74 Å². The molecule has 0 aliphatic carbocycles. The number of morpholine rings is 1. The SMILES string of the molecule is O=C(NCc1ccccc1CN1CCOCC1)c1ccccc1SCc1ccccc1F. The summed E-state index contributed by atoms with van der Waals surface area (Å²) in [5, 5.41) is 3.07. The molecular formula is C26H27FN2O2S. The quantitative estimate of drug-likeness (QED) is 0.497. The molecule has 3 aromatic carbocycles. The number of carbonyl (C=O) groups is 1. The summed E-state index contributed by atoms with van der Waals surface area (Å²) in [6.07, 6.45) is 0. The molecule has 0 atom stereocenters. The first-order valence-electron chi connectivity index (χ1n) is 10.8. The zero-order valence-corrected chi connectivity index (χ0v) is 18.7. The van der Waals surface area contributed by atoms with Crippen LogP contribution in [0.25, 0.3) is 0 Å². The van der Waals surface area contributed by atoms with E-state index in [1.54, 1.807) is 12.1 Å². The summed E-state index contributed by atoms with van der Waals surface area (Å²) in [4.78, 5) is 16.2. The van der Waals surface area contributed by atoms with Crippen molar-refractivity contribution < 1.29 is 13.9 Å². The van der Waals surface area contributed by atoms with Crippen molar-refractivity contribution in [3.63, 3.8) is 0 Å². The van der Waals surface area contributed by atoms with Crippen LogP contribution >= 0.6 is 11.8 Å². The molecule has 0 unspecified atom stereocenters. The van der Waals surface area contributed by atoms with Gasteiger partial charge in [0.2, 0.25) is 0 Å². The third-order valence-corrected chi connectivity index (χ3v) is 6.65. The highest BCUT2D eigenvalue weighted by molar-refractivity contribution is 7.98. The van der Waals surface area contributed by atoms with E-state index in [1.165, 1.54) is 23.4 Å². The first kappa shape index (κ1) is 22.5. The van der Waals surface area contributed by atoms with Gasteiger partial charge in [-0.15, -0.1) is 11.8 Å². The van der Waals surface area contributed by atoms with Crippen LogP contribution in [-0.4, -0.2) is 37.1 Å². The molecule has 4 nitrogen and oxygen atoms in total. The predicted octanol–water partition coefficient (Wildman–Crippen LogP) is 4.88. The molecular weight excluding hydrogens is 423 g/mol. The second kappa shape index (κ2) is 11.3. The Morgan fingerprint density at radius 2 is 1.56 bits per heavy atom. The second-order valence-electron chi connectivity index (χ2n) is 7.72. The molecule has 0 spiro atoms. The number of benzene rings is 3. The first-order chi connectivity index (χ1) is 15.7. The topological polar surface area (TPSA) is 41.6 Å². The molecule has 0 aromatic heterocycles. The van der Waals surface area contributed by atoms with Crippen LogP contribution in [0.15, 0.2) is 77.7 Å². The van der Waals surface area contributed by atoms with Gasteiger partial charge in [0, 0.05) is 36.8 Å². The highest BCUT2D eigenvalue weighted by Crippen LogP contribution is 2.27. The van der Waals surface area contributed by atoms with E-state index in [9.17, 15) is 9.18 Å². The lowest BCUT2D eigenvalue weighted by Gasteiger charge is -2.27. The van der Waals surface area contributed by atoms with Gasteiger partial charge < -0.3 is 10.1 Å². The Morgan fingerprint density at radius 1 is 0.906 bits per heavy atom. The highest BCUT2D eigenvalue weighted by Gasteiger charge is 2.15. The van der Waals surface area contributed by atoms with Gasteiger partial charge in [-0.1, -0.05) is 54.6 Å². The van der Waals surface area contributed by atoms with Crippen LogP contribution in [0.1, 0.15) is 27.0 Å². The number of hydrogen-bond donors (Lipinski definition) is 1. The summed E-state index contributed by atoms with van der Waals surface area (Å²) in [5.41, 5.74) is 3.57. The van der Waals surface area contributed by atoms with Crippen molar-refractivity contribution in [2.24, 2.45) is 0 Å². The van der Waals surface area contributed by atoms with Crippen LogP contribution in [0.3, 0.4) is 0 Å². The van der Waals surface area contributed by atoms with E-state index >= 15 is 0 Å². The normalized spacial score (nSPS) is 14.3. The minimum Gasteiger partial charge on any atom is -0.379 e. The van der Waals surface area contributed by atoms with Crippen molar-refractivity contribution in [2.75, 3.05) is 26.3 Å². The van der Waals surface area contributed by atoms with Crippen LogP contribution in [0.4, 0.5) is 4.39 Å². The predicted molar refractivity (Wildman–Crippen MR) is 126 cm³/mol. The summed E-state index contributed by atoms with van der Waals surface area (Å²) < 4.78 is 19.4. The molecule has 32 heavy (non-hydrogen) atoms. The lowest BCUT2D eigenvalue weighted by atomic mass is 10.1. The van der Waals surface area contributed by atoms with Gasteiger partial charge in [-0.2, -0.15) is 0 Å². The smallest absolute Gasteiger partial charge is 0.252 e. The molecule has 1 fully saturated rings. The molecule has 0 saturated carbocycles. The zero-order chi connectivity index (χ0) is 22.2. The van der Waals surface area contributed by atoms with E-state index in [0.29, 0.717) is 23.4 Å². The fourth-order valence-electron chi connectivity index (χ4n) is 3.71. The number of carbonyl (C=O) groups excluding carboxylic acids is 1. The van der Waals surface area contributed by atoms with Gasteiger partial charge in [0.1, 0.15) is 5.82 Å².